The highest BCUT2D eigenvalue weighted by atomic mass is 19.1. The molecule has 0 spiro atoms. The highest BCUT2D eigenvalue weighted by molar-refractivity contribution is 5.96. The number of nitrogens with zero attached hydrogens (tertiary/aromatic N) is 2. The summed E-state index contributed by atoms with van der Waals surface area (Å²) in [5, 5.41) is 0. The number of rotatable bonds is 5. The Hall–Kier alpha value is -3.10. The largest absolute Gasteiger partial charge is 0.368 e. The molecule has 0 saturated carbocycles. The molecule has 8 heteroatoms. The minimum absolute atomic E-state index is 0.0499. The SMILES string of the molecule is Cc1cc(F)c(-c2nc(C(=O)Cc3cnccc3[C@@H]3C[C@@H](N)CC(C)(C)O3)ccc2F)c(F)c1. The highest BCUT2D eigenvalue weighted by Crippen LogP contribution is 2.37. The molecule has 3 heterocycles. The third-order valence-electron chi connectivity index (χ3n) is 5.93. The summed E-state index contributed by atoms with van der Waals surface area (Å²) in [4.78, 5) is 21.2. The summed E-state index contributed by atoms with van der Waals surface area (Å²) in [5.41, 5.74) is 6.34. The number of pyridine rings is 2. The molecule has 34 heavy (non-hydrogen) atoms. The molecule has 0 amide bonds. The van der Waals surface area contributed by atoms with Crippen LogP contribution in [0.5, 0.6) is 0 Å². The zero-order valence-electron chi connectivity index (χ0n) is 19.2. The molecule has 2 N–H and O–H groups in total. The molecule has 1 saturated heterocycles. The topological polar surface area (TPSA) is 78.1 Å². The molecule has 1 aliphatic heterocycles. The Morgan fingerprint density at radius 1 is 1.15 bits per heavy atom. The highest BCUT2D eigenvalue weighted by Gasteiger charge is 2.35. The van der Waals surface area contributed by atoms with E-state index in [0.717, 1.165) is 30.2 Å². The first-order chi connectivity index (χ1) is 16.0. The molecule has 1 aromatic carbocycles. The second kappa shape index (κ2) is 9.27. The predicted octanol–water partition coefficient (Wildman–Crippen LogP) is 5.25. The lowest BCUT2D eigenvalue weighted by Gasteiger charge is -2.40. The van der Waals surface area contributed by atoms with Crippen molar-refractivity contribution in [2.75, 3.05) is 0 Å². The first-order valence-corrected chi connectivity index (χ1v) is 11.1. The van der Waals surface area contributed by atoms with Crippen molar-refractivity contribution in [2.45, 2.75) is 57.8 Å². The summed E-state index contributed by atoms with van der Waals surface area (Å²) < 4.78 is 49.6. The standard InChI is InChI=1S/C26H26F3N3O2/c1-14-8-19(28)24(20(29)9-14)25-18(27)4-5-21(32-25)22(33)10-15-13-31-7-6-17(15)23-11-16(30)12-26(2,3)34-23/h4-9,13,16,23H,10-12,30H2,1-3H3/t16-,23+/m1/s1. The number of ether oxygens (including phenoxy) is 1. The maximum Gasteiger partial charge on any atom is 0.185 e. The number of hydrogen-bond acceptors (Lipinski definition) is 5. The number of aryl methyl sites for hydroxylation is 1. The first-order valence-electron chi connectivity index (χ1n) is 11.1. The number of Topliss-reactive ketones (excluding diaryl/α,β-unsaturated/α-hetero) is 1. The zero-order valence-corrected chi connectivity index (χ0v) is 19.2. The lowest BCUT2D eigenvalue weighted by Crippen LogP contribution is -2.42. The van der Waals surface area contributed by atoms with Gasteiger partial charge in [-0.05, 0) is 80.6 Å². The van der Waals surface area contributed by atoms with Crippen LogP contribution < -0.4 is 5.73 Å². The van der Waals surface area contributed by atoms with Crippen LogP contribution in [0, 0.1) is 24.4 Å². The minimum Gasteiger partial charge on any atom is -0.368 e. The van der Waals surface area contributed by atoms with Crippen LogP contribution in [0.25, 0.3) is 11.3 Å². The summed E-state index contributed by atoms with van der Waals surface area (Å²) >= 11 is 0. The molecule has 0 radical (unpaired) electrons. The van der Waals surface area contributed by atoms with Crippen molar-refractivity contribution in [1.82, 2.24) is 9.97 Å². The van der Waals surface area contributed by atoms with E-state index in [1.54, 1.807) is 18.5 Å². The number of hydrogen-bond donors (Lipinski definition) is 1. The van der Waals surface area contributed by atoms with E-state index in [0.29, 0.717) is 17.5 Å². The Morgan fingerprint density at radius 3 is 2.53 bits per heavy atom. The average Bonchev–Trinajstić information content (AvgIpc) is 2.73. The Bertz CT molecular complexity index is 1220. The van der Waals surface area contributed by atoms with E-state index in [1.807, 2.05) is 13.8 Å². The predicted molar refractivity (Wildman–Crippen MR) is 122 cm³/mol. The van der Waals surface area contributed by atoms with Gasteiger partial charge in [0.15, 0.2) is 5.78 Å². The minimum atomic E-state index is -0.948. The first kappa shape index (κ1) is 24.0. The van der Waals surface area contributed by atoms with Crippen molar-refractivity contribution in [3.05, 3.63) is 82.6 Å². The van der Waals surface area contributed by atoms with Crippen LogP contribution in [0.3, 0.4) is 0 Å². The molecule has 1 fully saturated rings. The van der Waals surface area contributed by atoms with E-state index >= 15 is 0 Å². The van der Waals surface area contributed by atoms with Crippen LogP contribution in [0.1, 0.15) is 60.0 Å². The summed E-state index contributed by atoms with van der Waals surface area (Å²) in [6.45, 7) is 5.46. The molecule has 0 unspecified atom stereocenters. The molecular formula is C26H26F3N3O2. The molecule has 5 nitrogen and oxygen atoms in total. The van der Waals surface area contributed by atoms with Gasteiger partial charge < -0.3 is 10.5 Å². The number of nitrogens with two attached hydrogens (primary N) is 1. The molecule has 178 valence electrons. The van der Waals surface area contributed by atoms with Gasteiger partial charge in [-0.15, -0.1) is 0 Å². The van der Waals surface area contributed by atoms with Gasteiger partial charge in [0.25, 0.3) is 0 Å². The van der Waals surface area contributed by atoms with E-state index in [4.69, 9.17) is 10.5 Å². The van der Waals surface area contributed by atoms with Crippen molar-refractivity contribution in [1.29, 1.82) is 0 Å². The third-order valence-corrected chi connectivity index (χ3v) is 5.93. The molecule has 3 aromatic rings. The second-order valence-corrected chi connectivity index (χ2v) is 9.37. The van der Waals surface area contributed by atoms with Gasteiger partial charge in [0.2, 0.25) is 0 Å². The van der Waals surface area contributed by atoms with E-state index in [-0.39, 0.29) is 24.3 Å². The Labute approximate surface area is 196 Å². The van der Waals surface area contributed by atoms with Crippen LogP contribution in [0.2, 0.25) is 0 Å². The molecule has 4 rings (SSSR count). The number of ketones is 1. The fourth-order valence-electron chi connectivity index (χ4n) is 4.52. The van der Waals surface area contributed by atoms with Crippen molar-refractivity contribution >= 4 is 5.78 Å². The van der Waals surface area contributed by atoms with Crippen molar-refractivity contribution in [3.63, 3.8) is 0 Å². The number of carbonyl (C=O) groups excluding carboxylic acids is 1. The lowest BCUT2D eigenvalue weighted by atomic mass is 9.87. The van der Waals surface area contributed by atoms with Gasteiger partial charge >= 0.3 is 0 Å². The second-order valence-electron chi connectivity index (χ2n) is 9.37. The van der Waals surface area contributed by atoms with Gasteiger partial charge in [0.05, 0.1) is 17.3 Å². The van der Waals surface area contributed by atoms with E-state index in [2.05, 4.69) is 9.97 Å². The van der Waals surface area contributed by atoms with Crippen LogP contribution in [-0.4, -0.2) is 27.4 Å². The fourth-order valence-corrected chi connectivity index (χ4v) is 4.52. The quantitative estimate of drug-likeness (QED) is 0.517. The monoisotopic (exact) mass is 469 g/mol. The smallest absolute Gasteiger partial charge is 0.185 e. The van der Waals surface area contributed by atoms with Gasteiger partial charge in [-0.1, -0.05) is 0 Å². The fraction of sp³-hybridized carbons (Fsp3) is 0.346. The van der Waals surface area contributed by atoms with Crippen molar-refractivity contribution in [3.8, 4) is 11.3 Å². The van der Waals surface area contributed by atoms with E-state index in [1.165, 1.54) is 13.0 Å². The number of halogens is 3. The van der Waals surface area contributed by atoms with Crippen LogP contribution in [-0.2, 0) is 11.2 Å². The van der Waals surface area contributed by atoms with Crippen LogP contribution >= 0.6 is 0 Å². The maximum atomic E-state index is 14.5. The zero-order chi connectivity index (χ0) is 24.6. The summed E-state index contributed by atoms with van der Waals surface area (Å²) in [7, 11) is 0. The Balaban J connectivity index is 1.65. The Morgan fingerprint density at radius 2 is 1.85 bits per heavy atom. The summed E-state index contributed by atoms with van der Waals surface area (Å²) in [6.07, 6.45) is 4.12. The lowest BCUT2D eigenvalue weighted by molar-refractivity contribution is -0.115. The third kappa shape index (κ3) is 5.03. The molecule has 0 aliphatic carbocycles. The van der Waals surface area contributed by atoms with Crippen LogP contribution in [0.4, 0.5) is 13.2 Å². The Kier molecular flexibility index (Phi) is 6.55. The van der Waals surface area contributed by atoms with Gasteiger partial charge in [-0.2, -0.15) is 0 Å². The molecule has 2 aromatic heterocycles. The maximum absolute atomic E-state index is 14.5. The van der Waals surface area contributed by atoms with Crippen molar-refractivity contribution < 1.29 is 22.7 Å². The average molecular weight is 470 g/mol. The summed E-state index contributed by atoms with van der Waals surface area (Å²) in [5.74, 6) is -3.26. The van der Waals surface area contributed by atoms with Gasteiger partial charge in [0.1, 0.15) is 28.8 Å². The van der Waals surface area contributed by atoms with Gasteiger partial charge in [-0.25, -0.2) is 18.2 Å². The van der Waals surface area contributed by atoms with Crippen molar-refractivity contribution in [2.24, 2.45) is 5.73 Å². The summed E-state index contributed by atoms with van der Waals surface area (Å²) in [6, 6.07) is 6.12. The number of aromatic nitrogens is 2. The molecular weight excluding hydrogens is 443 g/mol. The molecule has 1 aliphatic rings. The van der Waals surface area contributed by atoms with E-state index in [9.17, 15) is 18.0 Å². The molecule has 0 bridgehead atoms. The van der Waals surface area contributed by atoms with Crippen LogP contribution in [0.15, 0.2) is 42.7 Å². The normalized spacial score (nSPS) is 19.7. The number of carbonyl (C=O) groups is 1. The van der Waals surface area contributed by atoms with Gasteiger partial charge in [-0.3, -0.25) is 9.78 Å². The van der Waals surface area contributed by atoms with E-state index < -0.39 is 40.1 Å². The molecule has 2 atom stereocenters. The number of benzene rings is 1. The van der Waals surface area contributed by atoms with Gasteiger partial charge in [0, 0.05) is 24.9 Å².